The summed E-state index contributed by atoms with van der Waals surface area (Å²) in [7, 11) is 0. The first kappa shape index (κ1) is 21.6. The number of rotatable bonds is 4. The highest BCUT2D eigenvalue weighted by atomic mass is 35.5. The standard InChI is InChI=1S/C26H17ClFN5O/c1-15(32-24-17(13-29)14-31-21-9-4-10-30-25(21)24)22-11-16-5-2-8-20(27)23(16)26(34)33(22)19-7-3-6-18(28)12-19/h2-12,14-15H,1H3,(H,31,32). The molecule has 0 aliphatic rings. The molecule has 5 rings (SSSR count). The van der Waals surface area contributed by atoms with Crippen molar-refractivity contribution in [2.24, 2.45) is 0 Å². The zero-order valence-electron chi connectivity index (χ0n) is 18.0. The van der Waals surface area contributed by atoms with E-state index >= 15 is 0 Å². The van der Waals surface area contributed by atoms with Crippen LogP contribution in [0.25, 0.3) is 27.5 Å². The van der Waals surface area contributed by atoms with Crippen molar-refractivity contribution < 1.29 is 4.39 Å². The second-order valence-electron chi connectivity index (χ2n) is 7.79. The van der Waals surface area contributed by atoms with Crippen LogP contribution in [-0.4, -0.2) is 14.5 Å². The fourth-order valence-corrected chi connectivity index (χ4v) is 4.34. The molecule has 1 unspecified atom stereocenters. The molecule has 0 amide bonds. The fraction of sp³-hybridized carbons (Fsp3) is 0.0769. The molecule has 6 nitrogen and oxygen atoms in total. The molecular formula is C26H17ClFN5O. The largest absolute Gasteiger partial charge is 0.374 e. The van der Waals surface area contributed by atoms with Crippen LogP contribution >= 0.6 is 11.6 Å². The topological polar surface area (TPSA) is 83.6 Å². The molecule has 0 aliphatic carbocycles. The summed E-state index contributed by atoms with van der Waals surface area (Å²) in [4.78, 5) is 22.3. The van der Waals surface area contributed by atoms with Gasteiger partial charge in [0.25, 0.3) is 5.56 Å². The van der Waals surface area contributed by atoms with Crippen molar-refractivity contribution in [3.63, 3.8) is 0 Å². The van der Waals surface area contributed by atoms with Gasteiger partial charge < -0.3 is 5.32 Å². The van der Waals surface area contributed by atoms with Gasteiger partial charge in [0, 0.05) is 18.1 Å². The number of anilines is 1. The number of fused-ring (bicyclic) bond motifs is 2. The predicted octanol–water partition coefficient (Wildman–Crippen LogP) is 5.77. The highest BCUT2D eigenvalue weighted by Crippen LogP contribution is 2.30. The summed E-state index contributed by atoms with van der Waals surface area (Å²) in [6.07, 6.45) is 3.11. The Bertz CT molecular complexity index is 1670. The lowest BCUT2D eigenvalue weighted by Crippen LogP contribution is -2.26. The minimum atomic E-state index is -0.473. The first-order chi connectivity index (χ1) is 16.5. The summed E-state index contributed by atoms with van der Waals surface area (Å²) in [6.45, 7) is 1.86. The van der Waals surface area contributed by atoms with E-state index in [0.29, 0.717) is 49.5 Å². The SMILES string of the molecule is CC(Nc1c(C#N)cnc2cccnc12)c1cc2cccc(Cl)c2c(=O)n1-c1cccc(F)c1. The summed E-state index contributed by atoms with van der Waals surface area (Å²) in [6, 6.07) is 18.1. The quantitative estimate of drug-likeness (QED) is 0.361. The van der Waals surface area contributed by atoms with Gasteiger partial charge >= 0.3 is 0 Å². The van der Waals surface area contributed by atoms with Crippen LogP contribution in [0.4, 0.5) is 10.1 Å². The van der Waals surface area contributed by atoms with E-state index in [-0.39, 0.29) is 5.56 Å². The van der Waals surface area contributed by atoms with Gasteiger partial charge in [-0.05, 0) is 54.8 Å². The van der Waals surface area contributed by atoms with Gasteiger partial charge in [-0.3, -0.25) is 19.3 Å². The third-order valence-electron chi connectivity index (χ3n) is 5.64. The zero-order valence-corrected chi connectivity index (χ0v) is 18.7. The van der Waals surface area contributed by atoms with Crippen LogP contribution in [0.3, 0.4) is 0 Å². The van der Waals surface area contributed by atoms with Gasteiger partial charge in [-0.1, -0.05) is 29.8 Å². The Kier molecular flexibility index (Phi) is 5.44. The first-order valence-corrected chi connectivity index (χ1v) is 10.9. The summed E-state index contributed by atoms with van der Waals surface area (Å²) < 4.78 is 15.6. The van der Waals surface area contributed by atoms with E-state index < -0.39 is 11.9 Å². The van der Waals surface area contributed by atoms with Crippen molar-refractivity contribution in [2.45, 2.75) is 13.0 Å². The molecular weight excluding hydrogens is 453 g/mol. The molecule has 1 atom stereocenters. The molecule has 2 aromatic carbocycles. The van der Waals surface area contributed by atoms with Crippen LogP contribution in [0.15, 0.2) is 77.9 Å². The van der Waals surface area contributed by atoms with Crippen LogP contribution in [0, 0.1) is 17.1 Å². The van der Waals surface area contributed by atoms with E-state index in [9.17, 15) is 14.4 Å². The molecule has 8 heteroatoms. The lowest BCUT2D eigenvalue weighted by molar-refractivity contribution is 0.625. The molecule has 0 fully saturated rings. The minimum Gasteiger partial charge on any atom is -0.374 e. The molecule has 1 N–H and O–H groups in total. The maximum atomic E-state index is 14.1. The first-order valence-electron chi connectivity index (χ1n) is 10.5. The van der Waals surface area contributed by atoms with Gasteiger partial charge in [-0.25, -0.2) is 4.39 Å². The number of pyridine rings is 3. The van der Waals surface area contributed by atoms with Crippen LogP contribution in [0.5, 0.6) is 0 Å². The highest BCUT2D eigenvalue weighted by molar-refractivity contribution is 6.35. The molecule has 0 radical (unpaired) electrons. The number of nitrogens with one attached hydrogen (secondary N) is 1. The van der Waals surface area contributed by atoms with E-state index in [2.05, 4.69) is 21.4 Å². The summed E-state index contributed by atoms with van der Waals surface area (Å²) in [5, 5.41) is 14.3. The summed E-state index contributed by atoms with van der Waals surface area (Å²) in [5.74, 6) is -0.466. The number of hydrogen-bond donors (Lipinski definition) is 1. The van der Waals surface area contributed by atoms with Crippen molar-refractivity contribution in [1.82, 2.24) is 14.5 Å². The maximum absolute atomic E-state index is 14.1. The van der Waals surface area contributed by atoms with Crippen molar-refractivity contribution in [2.75, 3.05) is 5.32 Å². The minimum absolute atomic E-state index is 0.316. The van der Waals surface area contributed by atoms with E-state index in [1.54, 1.807) is 48.7 Å². The molecule has 0 spiro atoms. The lowest BCUT2D eigenvalue weighted by Gasteiger charge is -2.23. The Morgan fingerprint density at radius 1 is 1.12 bits per heavy atom. The van der Waals surface area contributed by atoms with E-state index in [1.165, 1.54) is 22.9 Å². The number of halogens is 2. The second kappa shape index (κ2) is 8.58. The van der Waals surface area contributed by atoms with Crippen LogP contribution in [-0.2, 0) is 0 Å². The number of nitrogens with zero attached hydrogens (tertiary/aromatic N) is 4. The molecule has 3 aromatic heterocycles. The van der Waals surface area contributed by atoms with E-state index in [0.717, 1.165) is 0 Å². The van der Waals surface area contributed by atoms with Gasteiger partial charge in [0.15, 0.2) is 0 Å². The molecule has 5 aromatic rings. The fourth-order valence-electron chi connectivity index (χ4n) is 4.08. The van der Waals surface area contributed by atoms with Crippen molar-refractivity contribution in [3.8, 4) is 11.8 Å². The number of nitriles is 1. The summed E-state index contributed by atoms with van der Waals surface area (Å²) in [5.41, 5.74) is 2.56. The molecule has 3 heterocycles. The van der Waals surface area contributed by atoms with Crippen molar-refractivity contribution >= 4 is 39.1 Å². The predicted molar refractivity (Wildman–Crippen MR) is 131 cm³/mol. The van der Waals surface area contributed by atoms with E-state index in [1.807, 2.05) is 13.0 Å². The lowest BCUT2D eigenvalue weighted by atomic mass is 10.1. The third-order valence-corrected chi connectivity index (χ3v) is 5.96. The number of hydrogen-bond acceptors (Lipinski definition) is 5. The van der Waals surface area contributed by atoms with Gasteiger partial charge in [0.1, 0.15) is 17.4 Å². The molecule has 0 bridgehead atoms. The zero-order chi connectivity index (χ0) is 23.8. The highest BCUT2D eigenvalue weighted by Gasteiger charge is 2.20. The van der Waals surface area contributed by atoms with Crippen molar-refractivity contribution in [3.05, 3.63) is 106 Å². The Labute approximate surface area is 198 Å². The smallest absolute Gasteiger partial charge is 0.264 e. The Morgan fingerprint density at radius 2 is 1.94 bits per heavy atom. The normalized spacial score (nSPS) is 11.9. The van der Waals surface area contributed by atoms with Gasteiger partial charge in [-0.15, -0.1) is 0 Å². The van der Waals surface area contributed by atoms with E-state index in [4.69, 9.17) is 11.6 Å². The van der Waals surface area contributed by atoms with Gasteiger partial charge in [0.2, 0.25) is 0 Å². The number of aromatic nitrogens is 3. The maximum Gasteiger partial charge on any atom is 0.264 e. The third kappa shape index (κ3) is 3.64. The average molecular weight is 470 g/mol. The Hall–Kier alpha value is -4.28. The van der Waals surface area contributed by atoms with Crippen LogP contribution < -0.4 is 10.9 Å². The molecule has 0 saturated heterocycles. The Morgan fingerprint density at radius 3 is 2.74 bits per heavy atom. The Balaban J connectivity index is 1.75. The van der Waals surface area contributed by atoms with Crippen molar-refractivity contribution in [1.29, 1.82) is 5.26 Å². The van der Waals surface area contributed by atoms with Gasteiger partial charge in [0.05, 0.1) is 38.9 Å². The number of benzene rings is 2. The average Bonchev–Trinajstić information content (AvgIpc) is 2.84. The van der Waals surface area contributed by atoms with Crippen LogP contribution in [0.1, 0.15) is 24.2 Å². The second-order valence-corrected chi connectivity index (χ2v) is 8.20. The summed E-state index contributed by atoms with van der Waals surface area (Å²) >= 11 is 6.37. The van der Waals surface area contributed by atoms with Gasteiger partial charge in [-0.2, -0.15) is 5.26 Å². The molecule has 166 valence electrons. The monoisotopic (exact) mass is 469 g/mol. The molecule has 34 heavy (non-hydrogen) atoms. The molecule has 0 aliphatic heterocycles. The molecule has 0 saturated carbocycles. The van der Waals surface area contributed by atoms with Crippen LogP contribution in [0.2, 0.25) is 5.02 Å².